The van der Waals surface area contributed by atoms with Crippen LogP contribution in [0.25, 0.3) is 0 Å². The van der Waals surface area contributed by atoms with Gasteiger partial charge in [0.05, 0.1) is 11.4 Å². The lowest BCUT2D eigenvalue weighted by molar-refractivity contribution is 1.17. The van der Waals surface area contributed by atoms with Crippen LogP contribution >= 0.6 is 0 Å². The van der Waals surface area contributed by atoms with E-state index < -0.39 is 0 Å². The van der Waals surface area contributed by atoms with Gasteiger partial charge in [-0.2, -0.15) is 0 Å². The number of hydrogen-bond acceptors (Lipinski definition) is 2. The Balaban J connectivity index is 2.09. The van der Waals surface area contributed by atoms with E-state index in [0.29, 0.717) is 0 Å². The highest BCUT2D eigenvalue weighted by Gasteiger charge is 2.16. The number of nitrogens with one attached hydrogen (secondary N) is 2. The number of rotatable bonds is 4. The molecule has 0 spiro atoms. The fourth-order valence-corrected chi connectivity index (χ4v) is 4.35. The molecular weight excluding hydrogens is 364 g/mol. The van der Waals surface area contributed by atoms with Gasteiger partial charge in [0.25, 0.3) is 0 Å². The third kappa shape index (κ3) is 3.60. The van der Waals surface area contributed by atoms with Crippen molar-refractivity contribution in [2.45, 2.75) is 69.2 Å². The summed E-state index contributed by atoms with van der Waals surface area (Å²) in [6, 6.07) is 8.50. The summed E-state index contributed by atoms with van der Waals surface area (Å²) in [6.45, 7) is 22.2. The molecule has 2 heteroatoms. The molecule has 2 nitrogen and oxygen atoms in total. The van der Waals surface area contributed by atoms with E-state index in [0.717, 1.165) is 11.4 Å². The van der Waals surface area contributed by atoms with Crippen molar-refractivity contribution in [2.24, 2.45) is 0 Å². The van der Waals surface area contributed by atoms with E-state index in [2.05, 4.69) is 104 Å². The lowest BCUT2D eigenvalue weighted by Crippen LogP contribution is -2.06. The molecule has 0 aliphatic carbocycles. The van der Waals surface area contributed by atoms with Gasteiger partial charge < -0.3 is 10.6 Å². The zero-order valence-electron chi connectivity index (χ0n) is 20.3. The summed E-state index contributed by atoms with van der Waals surface area (Å²) >= 11 is 0. The van der Waals surface area contributed by atoms with Gasteiger partial charge in [-0.15, -0.1) is 0 Å². The zero-order valence-corrected chi connectivity index (χ0v) is 20.3. The third-order valence-electron chi connectivity index (χ3n) is 7.45. The van der Waals surface area contributed by atoms with Crippen molar-refractivity contribution in [2.75, 3.05) is 10.6 Å². The molecule has 0 aromatic heterocycles. The Kier molecular flexibility index (Phi) is 5.99. The Hall–Kier alpha value is -2.74. The molecule has 0 atom stereocenters. The minimum atomic E-state index is 1.10. The van der Waals surface area contributed by atoms with Crippen LogP contribution in [0, 0.1) is 69.2 Å². The summed E-state index contributed by atoms with van der Waals surface area (Å²) in [5, 5.41) is 7.51. The van der Waals surface area contributed by atoms with Gasteiger partial charge in [-0.05, 0) is 137 Å². The molecular formula is C28H36N2. The van der Waals surface area contributed by atoms with Crippen molar-refractivity contribution in [1.82, 2.24) is 0 Å². The lowest BCUT2D eigenvalue weighted by atomic mass is 9.92. The maximum absolute atomic E-state index is 3.76. The molecule has 0 unspecified atom stereocenters. The number of para-hydroxylation sites is 2. The van der Waals surface area contributed by atoms with Crippen LogP contribution in [-0.2, 0) is 0 Å². The van der Waals surface area contributed by atoms with Crippen molar-refractivity contribution in [3.05, 3.63) is 79.9 Å². The summed E-state index contributed by atoms with van der Waals surface area (Å²) < 4.78 is 0. The normalized spacial score (nSPS) is 11.0. The van der Waals surface area contributed by atoms with Gasteiger partial charge in [0.1, 0.15) is 0 Å². The molecule has 0 heterocycles. The first-order valence-corrected chi connectivity index (χ1v) is 10.8. The molecule has 3 rings (SSSR count). The largest absolute Gasteiger partial charge is 0.353 e. The summed E-state index contributed by atoms with van der Waals surface area (Å²) in [4.78, 5) is 0. The number of benzene rings is 3. The highest BCUT2D eigenvalue weighted by Crippen LogP contribution is 2.37. The third-order valence-corrected chi connectivity index (χ3v) is 7.45. The van der Waals surface area contributed by atoms with Crippen molar-refractivity contribution >= 4 is 22.7 Å². The maximum Gasteiger partial charge on any atom is 0.0623 e. The molecule has 30 heavy (non-hydrogen) atoms. The van der Waals surface area contributed by atoms with Gasteiger partial charge in [-0.25, -0.2) is 0 Å². The second-order valence-corrected chi connectivity index (χ2v) is 8.80. The van der Waals surface area contributed by atoms with Gasteiger partial charge in [0.2, 0.25) is 0 Å². The van der Waals surface area contributed by atoms with Crippen LogP contribution in [0.5, 0.6) is 0 Å². The number of anilines is 4. The minimum absolute atomic E-state index is 1.10. The van der Waals surface area contributed by atoms with Crippen LogP contribution in [0.4, 0.5) is 22.7 Å². The quantitative estimate of drug-likeness (QED) is 0.460. The Morgan fingerprint density at radius 3 is 0.867 bits per heavy atom. The van der Waals surface area contributed by atoms with E-state index >= 15 is 0 Å². The fraction of sp³-hybridized carbons (Fsp3) is 0.357. The van der Waals surface area contributed by atoms with Crippen LogP contribution in [0.1, 0.15) is 55.6 Å². The second kappa shape index (κ2) is 8.18. The van der Waals surface area contributed by atoms with Gasteiger partial charge in [0.15, 0.2) is 0 Å². The van der Waals surface area contributed by atoms with E-state index in [9.17, 15) is 0 Å². The summed E-state index contributed by atoms with van der Waals surface area (Å²) in [7, 11) is 0. The van der Waals surface area contributed by atoms with E-state index in [1.165, 1.54) is 67.0 Å². The molecule has 0 saturated heterocycles. The molecule has 0 fully saturated rings. The molecule has 3 aromatic rings. The van der Waals surface area contributed by atoms with E-state index in [-0.39, 0.29) is 0 Å². The predicted molar refractivity (Wildman–Crippen MR) is 133 cm³/mol. The average Bonchev–Trinajstić information content (AvgIpc) is 2.75. The van der Waals surface area contributed by atoms with Crippen molar-refractivity contribution in [1.29, 1.82) is 0 Å². The summed E-state index contributed by atoms with van der Waals surface area (Å²) in [5.41, 5.74) is 18.1. The first-order chi connectivity index (χ1) is 14.1. The summed E-state index contributed by atoms with van der Waals surface area (Å²) in [6.07, 6.45) is 0. The highest BCUT2D eigenvalue weighted by molar-refractivity contribution is 5.83. The first-order valence-electron chi connectivity index (χ1n) is 10.8. The second-order valence-electron chi connectivity index (χ2n) is 8.80. The molecule has 0 amide bonds. The van der Waals surface area contributed by atoms with Crippen molar-refractivity contribution in [3.63, 3.8) is 0 Å². The predicted octanol–water partition coefficient (Wildman–Crippen LogP) is 8.26. The molecule has 3 aromatic carbocycles. The van der Waals surface area contributed by atoms with Crippen molar-refractivity contribution in [3.8, 4) is 0 Å². The fourth-order valence-electron chi connectivity index (χ4n) is 4.35. The smallest absolute Gasteiger partial charge is 0.0623 e. The standard InChI is InChI=1S/C28H36N2/c1-15-17(3)21(7)27(22(8)18(15)4)29-25-13-11-12-14-26(25)30-28-23(9)19(5)16(2)20(6)24(28)10/h11-14,29-30H,1-10H3. The van der Waals surface area contributed by atoms with Gasteiger partial charge in [0, 0.05) is 11.4 Å². The maximum atomic E-state index is 3.76. The van der Waals surface area contributed by atoms with Crippen molar-refractivity contribution < 1.29 is 0 Å². The molecule has 0 bridgehead atoms. The zero-order chi connectivity index (χ0) is 22.3. The van der Waals surface area contributed by atoms with Gasteiger partial charge >= 0.3 is 0 Å². The van der Waals surface area contributed by atoms with Crippen LogP contribution in [0.15, 0.2) is 24.3 Å². The molecule has 0 aliphatic heterocycles. The number of hydrogen-bond donors (Lipinski definition) is 2. The molecule has 0 radical (unpaired) electrons. The minimum Gasteiger partial charge on any atom is -0.353 e. The molecule has 0 saturated carbocycles. The van der Waals surface area contributed by atoms with Crippen LogP contribution < -0.4 is 10.6 Å². The van der Waals surface area contributed by atoms with Crippen LogP contribution in [-0.4, -0.2) is 0 Å². The Bertz CT molecular complexity index is 988. The topological polar surface area (TPSA) is 24.1 Å². The first kappa shape index (κ1) is 22.0. The lowest BCUT2D eigenvalue weighted by Gasteiger charge is -2.23. The molecule has 158 valence electrons. The monoisotopic (exact) mass is 400 g/mol. The van der Waals surface area contributed by atoms with Gasteiger partial charge in [-0.3, -0.25) is 0 Å². The van der Waals surface area contributed by atoms with Crippen LogP contribution in [0.3, 0.4) is 0 Å². The van der Waals surface area contributed by atoms with E-state index in [1.807, 2.05) is 0 Å². The molecule has 2 N–H and O–H groups in total. The average molecular weight is 401 g/mol. The molecule has 0 aliphatic rings. The Morgan fingerprint density at radius 2 is 0.600 bits per heavy atom. The SMILES string of the molecule is Cc1c(C)c(C)c(Nc2ccccc2Nc2c(C)c(C)c(C)c(C)c2C)c(C)c1C. The Morgan fingerprint density at radius 1 is 0.367 bits per heavy atom. The highest BCUT2D eigenvalue weighted by atomic mass is 15.0. The Labute approximate surface area is 182 Å². The summed E-state index contributed by atoms with van der Waals surface area (Å²) in [5.74, 6) is 0. The van der Waals surface area contributed by atoms with E-state index in [4.69, 9.17) is 0 Å². The van der Waals surface area contributed by atoms with Crippen LogP contribution in [0.2, 0.25) is 0 Å². The van der Waals surface area contributed by atoms with Gasteiger partial charge in [-0.1, -0.05) is 12.1 Å². The van der Waals surface area contributed by atoms with E-state index in [1.54, 1.807) is 0 Å².